The molecule has 4 rings (SSSR count). The van der Waals surface area contributed by atoms with Gasteiger partial charge in [0.2, 0.25) is 17.4 Å². The molecule has 47 heavy (non-hydrogen) atoms. The van der Waals surface area contributed by atoms with Crippen LogP contribution in [0, 0.1) is 0 Å². The fourth-order valence-electron chi connectivity index (χ4n) is 5.82. The molecule has 0 heterocycles. The number of methoxy groups -OCH3 is 6. The number of rotatable bonds is 12. The molecule has 3 aromatic rings. The molecule has 3 aromatic carbocycles. The molecule has 0 saturated heterocycles. The van der Waals surface area contributed by atoms with Crippen LogP contribution in [0.4, 0.5) is 18.9 Å². The smallest absolute Gasteiger partial charge is 0.416 e. The number of hydrogen-bond donors (Lipinski definition) is 1. The van der Waals surface area contributed by atoms with Crippen molar-refractivity contribution in [2.24, 2.45) is 0 Å². The molecular formula is C34H39F3N2O8. The summed E-state index contributed by atoms with van der Waals surface area (Å²) in [6.07, 6.45) is -0.487. The Bertz CT molecular complexity index is 1550. The molecule has 0 radical (unpaired) electrons. The van der Waals surface area contributed by atoms with Gasteiger partial charge in [-0.05, 0) is 55.3 Å². The lowest BCUT2D eigenvalue weighted by Gasteiger charge is -2.35. The van der Waals surface area contributed by atoms with Crippen LogP contribution in [0.15, 0.2) is 48.5 Å². The lowest BCUT2D eigenvalue weighted by atomic mass is 9.94. The van der Waals surface area contributed by atoms with Crippen LogP contribution in [-0.4, -0.2) is 60.5 Å². The highest BCUT2D eigenvalue weighted by molar-refractivity contribution is 6.11. The van der Waals surface area contributed by atoms with Crippen LogP contribution in [0.2, 0.25) is 0 Å². The van der Waals surface area contributed by atoms with Crippen LogP contribution >= 0.6 is 0 Å². The number of carbonyl (C=O) groups is 2. The van der Waals surface area contributed by atoms with E-state index in [0.29, 0.717) is 12.8 Å². The number of nitrogens with zero attached hydrogens (tertiary/aromatic N) is 1. The average Bonchev–Trinajstić information content (AvgIpc) is 3.08. The Morgan fingerprint density at radius 2 is 1.34 bits per heavy atom. The first-order chi connectivity index (χ1) is 22.5. The summed E-state index contributed by atoms with van der Waals surface area (Å²) in [7, 11) is 8.29. The van der Waals surface area contributed by atoms with E-state index >= 15 is 0 Å². The summed E-state index contributed by atoms with van der Waals surface area (Å²) in [6.45, 7) is 0. The minimum Gasteiger partial charge on any atom is -0.493 e. The van der Waals surface area contributed by atoms with E-state index in [0.717, 1.165) is 36.3 Å². The van der Waals surface area contributed by atoms with Gasteiger partial charge in [0, 0.05) is 22.9 Å². The predicted molar refractivity (Wildman–Crippen MR) is 168 cm³/mol. The molecule has 1 unspecified atom stereocenters. The maximum absolute atomic E-state index is 14.7. The zero-order valence-corrected chi connectivity index (χ0v) is 27.2. The van der Waals surface area contributed by atoms with Gasteiger partial charge in [0.25, 0.3) is 5.91 Å². The Hall–Kier alpha value is -4.81. The maximum atomic E-state index is 14.7. The molecule has 0 bridgehead atoms. The SMILES string of the molecule is COc1cc(C(=O)N(c2cccc(C(F)(F)F)c2)C(C(=O)NC2CCCCC2)c2ccc(OC)c(OC)c2OC)cc(OC)c1OC. The van der Waals surface area contributed by atoms with Gasteiger partial charge in [0.05, 0.1) is 48.2 Å². The predicted octanol–water partition coefficient (Wildman–Crippen LogP) is 6.59. The van der Waals surface area contributed by atoms with Crippen molar-refractivity contribution in [3.8, 4) is 34.5 Å². The molecule has 1 saturated carbocycles. The van der Waals surface area contributed by atoms with Crippen molar-refractivity contribution in [1.29, 1.82) is 0 Å². The van der Waals surface area contributed by atoms with Crippen molar-refractivity contribution in [2.45, 2.75) is 50.4 Å². The number of halogens is 3. The van der Waals surface area contributed by atoms with Gasteiger partial charge in [-0.25, -0.2) is 0 Å². The molecule has 254 valence electrons. The third kappa shape index (κ3) is 7.44. The van der Waals surface area contributed by atoms with Gasteiger partial charge in [-0.2, -0.15) is 13.2 Å². The second-order valence-electron chi connectivity index (χ2n) is 10.8. The van der Waals surface area contributed by atoms with E-state index < -0.39 is 29.6 Å². The largest absolute Gasteiger partial charge is 0.493 e. The highest BCUT2D eigenvalue weighted by Gasteiger charge is 2.40. The molecule has 2 amide bonds. The number of alkyl halides is 3. The zero-order valence-electron chi connectivity index (χ0n) is 27.2. The number of ether oxygens (including phenoxy) is 6. The number of benzene rings is 3. The lowest BCUT2D eigenvalue weighted by Crippen LogP contribution is -2.47. The molecule has 13 heteroatoms. The first kappa shape index (κ1) is 35.1. The van der Waals surface area contributed by atoms with E-state index in [4.69, 9.17) is 28.4 Å². The van der Waals surface area contributed by atoms with Crippen LogP contribution in [0.3, 0.4) is 0 Å². The Morgan fingerprint density at radius 1 is 0.745 bits per heavy atom. The number of amides is 2. The third-order valence-electron chi connectivity index (χ3n) is 8.07. The maximum Gasteiger partial charge on any atom is 0.416 e. The lowest BCUT2D eigenvalue weighted by molar-refractivity contribution is -0.137. The fraction of sp³-hybridized carbons (Fsp3) is 0.412. The summed E-state index contributed by atoms with van der Waals surface area (Å²) < 4.78 is 75.2. The molecule has 1 aliphatic rings. The van der Waals surface area contributed by atoms with Crippen molar-refractivity contribution in [2.75, 3.05) is 47.6 Å². The van der Waals surface area contributed by atoms with Crippen molar-refractivity contribution in [3.63, 3.8) is 0 Å². The van der Waals surface area contributed by atoms with Gasteiger partial charge >= 0.3 is 6.18 Å². The molecule has 0 aromatic heterocycles. The van der Waals surface area contributed by atoms with Crippen molar-refractivity contribution in [3.05, 3.63) is 65.2 Å². The normalized spacial score (nSPS) is 14.1. The van der Waals surface area contributed by atoms with Crippen LogP contribution < -0.4 is 38.6 Å². The second-order valence-corrected chi connectivity index (χ2v) is 10.8. The molecular weight excluding hydrogens is 621 g/mol. The highest BCUT2D eigenvalue weighted by Crippen LogP contribution is 2.46. The topological polar surface area (TPSA) is 105 Å². The van der Waals surface area contributed by atoms with Gasteiger partial charge in [0.1, 0.15) is 6.04 Å². The third-order valence-corrected chi connectivity index (χ3v) is 8.07. The summed E-state index contributed by atoms with van der Waals surface area (Å²) in [5, 5.41) is 3.05. The Labute approximate surface area is 271 Å². The molecule has 0 spiro atoms. The quantitative estimate of drug-likeness (QED) is 0.232. The van der Waals surface area contributed by atoms with Gasteiger partial charge in [-0.3, -0.25) is 14.5 Å². The number of anilines is 1. The Balaban J connectivity index is 2.04. The first-order valence-corrected chi connectivity index (χ1v) is 14.9. The van der Waals surface area contributed by atoms with Gasteiger partial charge in [-0.15, -0.1) is 0 Å². The van der Waals surface area contributed by atoms with Gasteiger partial charge in [0.15, 0.2) is 23.0 Å². The molecule has 0 aliphatic heterocycles. The van der Waals surface area contributed by atoms with E-state index in [1.807, 2.05) is 0 Å². The Morgan fingerprint density at radius 3 is 1.87 bits per heavy atom. The zero-order chi connectivity index (χ0) is 34.3. The summed E-state index contributed by atoms with van der Waals surface area (Å²) in [5.41, 5.74) is -1.11. The van der Waals surface area contributed by atoms with Gasteiger partial charge in [-0.1, -0.05) is 25.3 Å². The summed E-state index contributed by atoms with van der Waals surface area (Å²) in [5.74, 6) is -0.522. The van der Waals surface area contributed by atoms with Crippen LogP contribution in [0.5, 0.6) is 34.5 Å². The highest BCUT2D eigenvalue weighted by atomic mass is 19.4. The van der Waals surface area contributed by atoms with Crippen LogP contribution in [0.1, 0.15) is 59.6 Å². The molecule has 1 atom stereocenters. The van der Waals surface area contributed by atoms with Crippen molar-refractivity contribution in [1.82, 2.24) is 5.32 Å². The molecule has 10 nitrogen and oxygen atoms in total. The summed E-state index contributed by atoms with van der Waals surface area (Å²) in [4.78, 5) is 30.2. The van der Waals surface area contributed by atoms with Crippen LogP contribution in [-0.2, 0) is 11.0 Å². The minimum absolute atomic E-state index is 0.0492. The summed E-state index contributed by atoms with van der Waals surface area (Å²) in [6, 6.07) is 8.27. The van der Waals surface area contributed by atoms with E-state index in [1.54, 1.807) is 0 Å². The molecule has 1 aliphatic carbocycles. The van der Waals surface area contributed by atoms with E-state index in [1.165, 1.54) is 79.1 Å². The van der Waals surface area contributed by atoms with Crippen LogP contribution in [0.25, 0.3) is 0 Å². The number of carbonyl (C=O) groups excluding carboxylic acids is 2. The minimum atomic E-state index is -4.74. The fourth-order valence-corrected chi connectivity index (χ4v) is 5.82. The standard InChI is InChI=1S/C34H39F3N2O8/c1-42-25-16-15-24(29(45-4)31(25)47-6)28(32(40)38-22-12-8-7-9-13-22)39(23-14-10-11-21(19-23)34(35,36)37)33(41)20-17-26(43-2)30(46-5)27(18-20)44-3/h10-11,14-19,22,28H,7-9,12-13H2,1-6H3,(H,38,40). The first-order valence-electron chi connectivity index (χ1n) is 14.9. The monoisotopic (exact) mass is 660 g/mol. The second kappa shape index (κ2) is 15.2. The molecule has 1 fully saturated rings. The van der Waals surface area contributed by atoms with E-state index in [2.05, 4.69) is 5.32 Å². The van der Waals surface area contributed by atoms with E-state index in [-0.39, 0.29) is 57.4 Å². The number of nitrogens with one attached hydrogen (secondary N) is 1. The van der Waals surface area contributed by atoms with Gasteiger partial charge < -0.3 is 33.7 Å². The average molecular weight is 661 g/mol. The summed E-state index contributed by atoms with van der Waals surface area (Å²) >= 11 is 0. The van der Waals surface area contributed by atoms with Crippen molar-refractivity contribution < 1.29 is 51.2 Å². The number of hydrogen-bond acceptors (Lipinski definition) is 8. The van der Waals surface area contributed by atoms with E-state index in [9.17, 15) is 22.8 Å². The Kier molecular flexibility index (Phi) is 11.3. The molecule has 1 N–H and O–H groups in total. The van der Waals surface area contributed by atoms with Crippen molar-refractivity contribution >= 4 is 17.5 Å².